The van der Waals surface area contributed by atoms with Gasteiger partial charge in [-0.1, -0.05) is 0 Å². The van der Waals surface area contributed by atoms with E-state index in [-0.39, 0.29) is 17.7 Å². The van der Waals surface area contributed by atoms with Crippen molar-refractivity contribution < 1.29 is 9.59 Å². The lowest BCUT2D eigenvalue weighted by molar-refractivity contribution is -0.129. The normalized spacial score (nSPS) is 21.8. The zero-order valence-corrected chi connectivity index (χ0v) is 12.1. The van der Waals surface area contributed by atoms with E-state index < -0.39 is 0 Å². The summed E-state index contributed by atoms with van der Waals surface area (Å²) in [5.74, 6) is 0.631. The molecule has 1 N–H and O–H groups in total. The van der Waals surface area contributed by atoms with Gasteiger partial charge < -0.3 is 10.2 Å². The molecule has 2 amide bonds. The number of nitrogens with zero attached hydrogens (tertiary/aromatic N) is 4. The smallest absolute Gasteiger partial charge is 0.225 e. The number of amides is 2. The largest absolute Gasteiger partial charge is 0.356 e. The summed E-state index contributed by atoms with van der Waals surface area (Å²) in [6.45, 7) is 2.77. The molecular formula is C14H21N5O2. The molecule has 1 aliphatic heterocycles. The Morgan fingerprint density at radius 3 is 3.00 bits per heavy atom. The van der Waals surface area contributed by atoms with Crippen molar-refractivity contribution >= 4 is 11.8 Å². The number of carbonyl (C=O) groups excluding carboxylic acids is 2. The lowest BCUT2D eigenvalue weighted by atomic mass is 10.1. The first kappa shape index (κ1) is 14.0. The van der Waals surface area contributed by atoms with Crippen molar-refractivity contribution in [1.29, 1.82) is 0 Å². The van der Waals surface area contributed by atoms with E-state index in [1.807, 2.05) is 4.90 Å². The highest BCUT2D eigenvalue weighted by Gasteiger charge is 2.36. The van der Waals surface area contributed by atoms with E-state index >= 15 is 0 Å². The number of aryl methyl sites for hydroxylation is 1. The quantitative estimate of drug-likeness (QED) is 0.720. The molecule has 0 bridgehead atoms. The van der Waals surface area contributed by atoms with E-state index in [9.17, 15) is 9.59 Å². The third-order valence-electron chi connectivity index (χ3n) is 4.09. The molecule has 0 aromatic carbocycles. The molecule has 1 atom stereocenters. The van der Waals surface area contributed by atoms with Crippen molar-refractivity contribution in [1.82, 2.24) is 25.0 Å². The minimum atomic E-state index is -0.178. The summed E-state index contributed by atoms with van der Waals surface area (Å²) in [5.41, 5.74) is 0. The maximum Gasteiger partial charge on any atom is 0.225 e. The zero-order chi connectivity index (χ0) is 14.7. The van der Waals surface area contributed by atoms with Gasteiger partial charge in [0.2, 0.25) is 11.8 Å². The maximum atomic E-state index is 12.1. The standard InChI is InChI=1S/C14H21N5O2/c20-13-6-12(8-18(13)7-11-2-3-11)14(21)16-4-1-5-19-10-15-9-17-19/h9-12H,1-8H2,(H,16,21)/t12-/m1/s1. The Morgan fingerprint density at radius 1 is 1.43 bits per heavy atom. The summed E-state index contributed by atoms with van der Waals surface area (Å²) in [6, 6.07) is 0. The highest BCUT2D eigenvalue weighted by molar-refractivity contribution is 5.89. The summed E-state index contributed by atoms with van der Waals surface area (Å²) in [4.78, 5) is 29.7. The Hall–Kier alpha value is -1.92. The Kier molecular flexibility index (Phi) is 4.17. The molecule has 1 aromatic rings. The lowest BCUT2D eigenvalue weighted by Crippen LogP contribution is -2.34. The molecule has 2 fully saturated rings. The summed E-state index contributed by atoms with van der Waals surface area (Å²) >= 11 is 0. The van der Waals surface area contributed by atoms with Crippen LogP contribution < -0.4 is 5.32 Å². The molecule has 2 aliphatic rings. The van der Waals surface area contributed by atoms with Crippen molar-refractivity contribution in [2.24, 2.45) is 11.8 Å². The molecule has 3 rings (SSSR count). The molecule has 2 heterocycles. The van der Waals surface area contributed by atoms with Crippen LogP contribution in [0.15, 0.2) is 12.7 Å². The molecule has 7 nitrogen and oxygen atoms in total. The number of likely N-dealkylation sites (tertiary alicyclic amines) is 1. The van der Waals surface area contributed by atoms with Gasteiger partial charge in [-0.05, 0) is 25.2 Å². The van der Waals surface area contributed by atoms with Crippen LogP contribution in [0, 0.1) is 11.8 Å². The second-order valence-corrected chi connectivity index (χ2v) is 5.95. The fourth-order valence-electron chi connectivity index (χ4n) is 2.68. The molecular weight excluding hydrogens is 270 g/mol. The van der Waals surface area contributed by atoms with E-state index in [0.29, 0.717) is 25.4 Å². The minimum Gasteiger partial charge on any atom is -0.356 e. The van der Waals surface area contributed by atoms with Crippen molar-refractivity contribution in [2.45, 2.75) is 32.2 Å². The second kappa shape index (κ2) is 6.24. The van der Waals surface area contributed by atoms with Crippen LogP contribution in [-0.4, -0.2) is 51.1 Å². The fraction of sp³-hybridized carbons (Fsp3) is 0.714. The SMILES string of the molecule is O=C(NCCCn1cncn1)[C@@H]1CC(=O)N(CC2CC2)C1. The number of carbonyl (C=O) groups is 2. The van der Waals surface area contributed by atoms with Crippen LogP contribution in [-0.2, 0) is 16.1 Å². The molecule has 21 heavy (non-hydrogen) atoms. The van der Waals surface area contributed by atoms with E-state index in [1.54, 1.807) is 11.0 Å². The van der Waals surface area contributed by atoms with Gasteiger partial charge in [0, 0.05) is 32.6 Å². The maximum absolute atomic E-state index is 12.1. The Bertz CT molecular complexity index is 497. The summed E-state index contributed by atoms with van der Waals surface area (Å²) < 4.78 is 1.74. The summed E-state index contributed by atoms with van der Waals surface area (Å²) in [7, 11) is 0. The van der Waals surface area contributed by atoms with Crippen LogP contribution >= 0.6 is 0 Å². The second-order valence-electron chi connectivity index (χ2n) is 5.95. The van der Waals surface area contributed by atoms with Crippen molar-refractivity contribution in [3.05, 3.63) is 12.7 Å². The highest BCUT2D eigenvalue weighted by Crippen LogP contribution is 2.31. The predicted molar refractivity (Wildman–Crippen MR) is 75.1 cm³/mol. The average molecular weight is 291 g/mol. The summed E-state index contributed by atoms with van der Waals surface area (Å²) in [6.07, 6.45) is 6.78. The van der Waals surface area contributed by atoms with Gasteiger partial charge >= 0.3 is 0 Å². The third kappa shape index (κ3) is 3.80. The van der Waals surface area contributed by atoms with Crippen LogP contribution in [0.3, 0.4) is 0 Å². The number of hydrogen-bond acceptors (Lipinski definition) is 4. The van der Waals surface area contributed by atoms with Gasteiger partial charge in [-0.25, -0.2) is 4.98 Å². The van der Waals surface area contributed by atoms with Gasteiger partial charge in [0.1, 0.15) is 12.7 Å². The topological polar surface area (TPSA) is 80.1 Å². The van der Waals surface area contributed by atoms with E-state index in [4.69, 9.17) is 0 Å². The Morgan fingerprint density at radius 2 is 2.29 bits per heavy atom. The average Bonchev–Trinajstić information content (AvgIpc) is 2.98. The highest BCUT2D eigenvalue weighted by atomic mass is 16.2. The molecule has 7 heteroatoms. The van der Waals surface area contributed by atoms with E-state index in [0.717, 1.165) is 19.5 Å². The van der Waals surface area contributed by atoms with Crippen molar-refractivity contribution in [2.75, 3.05) is 19.6 Å². The van der Waals surface area contributed by atoms with Crippen LogP contribution in [0.1, 0.15) is 25.7 Å². The number of rotatable bonds is 7. The van der Waals surface area contributed by atoms with Crippen LogP contribution in [0.25, 0.3) is 0 Å². The minimum absolute atomic E-state index is 0.000220. The van der Waals surface area contributed by atoms with E-state index in [1.165, 1.54) is 19.2 Å². The van der Waals surface area contributed by atoms with Crippen molar-refractivity contribution in [3.8, 4) is 0 Å². The van der Waals surface area contributed by atoms with Gasteiger partial charge in [-0.15, -0.1) is 0 Å². The molecule has 0 radical (unpaired) electrons. The lowest BCUT2D eigenvalue weighted by Gasteiger charge is -2.16. The number of aromatic nitrogens is 3. The predicted octanol–water partition coefficient (Wildman–Crippen LogP) is 0.0429. The third-order valence-corrected chi connectivity index (χ3v) is 4.09. The number of nitrogens with one attached hydrogen (secondary N) is 1. The molecule has 1 aromatic heterocycles. The van der Waals surface area contributed by atoms with Gasteiger partial charge in [0.15, 0.2) is 0 Å². The van der Waals surface area contributed by atoms with Gasteiger partial charge in [0.05, 0.1) is 5.92 Å². The molecule has 0 spiro atoms. The molecule has 114 valence electrons. The van der Waals surface area contributed by atoms with E-state index in [2.05, 4.69) is 15.4 Å². The molecule has 1 aliphatic carbocycles. The van der Waals surface area contributed by atoms with Crippen LogP contribution in [0.4, 0.5) is 0 Å². The fourth-order valence-corrected chi connectivity index (χ4v) is 2.68. The summed E-state index contributed by atoms with van der Waals surface area (Å²) in [5, 5.41) is 6.92. The molecule has 1 saturated carbocycles. The Balaban J connectivity index is 1.36. The number of hydrogen-bond donors (Lipinski definition) is 1. The first-order chi connectivity index (χ1) is 10.2. The van der Waals surface area contributed by atoms with Gasteiger partial charge in [-0.3, -0.25) is 14.3 Å². The van der Waals surface area contributed by atoms with Crippen LogP contribution in [0.5, 0.6) is 0 Å². The molecule has 0 unspecified atom stereocenters. The van der Waals surface area contributed by atoms with Gasteiger partial charge in [0.25, 0.3) is 0 Å². The first-order valence-electron chi connectivity index (χ1n) is 7.60. The monoisotopic (exact) mass is 291 g/mol. The molecule has 1 saturated heterocycles. The van der Waals surface area contributed by atoms with Gasteiger partial charge in [-0.2, -0.15) is 5.10 Å². The van der Waals surface area contributed by atoms with Crippen LogP contribution in [0.2, 0.25) is 0 Å². The zero-order valence-electron chi connectivity index (χ0n) is 12.1. The van der Waals surface area contributed by atoms with Crippen molar-refractivity contribution in [3.63, 3.8) is 0 Å². The Labute approximate surface area is 123 Å². The first-order valence-corrected chi connectivity index (χ1v) is 7.60.